The SMILES string of the molecule is CCCc1ccc(NC(=O)CSC(F)(F)F)cc1. The highest BCUT2D eigenvalue weighted by Gasteiger charge is 2.29. The van der Waals surface area contributed by atoms with Crippen LogP contribution >= 0.6 is 11.8 Å². The van der Waals surface area contributed by atoms with Gasteiger partial charge in [0.15, 0.2) is 0 Å². The molecule has 0 radical (unpaired) electrons. The molecule has 1 amide bonds. The molecule has 0 atom stereocenters. The molecular weight excluding hydrogens is 263 g/mol. The number of aryl methyl sites for hydroxylation is 1. The van der Waals surface area contributed by atoms with Gasteiger partial charge < -0.3 is 5.32 Å². The third-order valence-electron chi connectivity index (χ3n) is 2.14. The molecule has 0 aliphatic heterocycles. The third kappa shape index (κ3) is 5.95. The van der Waals surface area contributed by atoms with Gasteiger partial charge in [-0.05, 0) is 35.9 Å². The molecule has 0 saturated heterocycles. The van der Waals surface area contributed by atoms with E-state index in [1.807, 2.05) is 12.1 Å². The van der Waals surface area contributed by atoms with Gasteiger partial charge in [-0.2, -0.15) is 13.2 Å². The van der Waals surface area contributed by atoms with Crippen LogP contribution in [0.5, 0.6) is 0 Å². The van der Waals surface area contributed by atoms with Crippen LogP contribution in [0.15, 0.2) is 24.3 Å². The van der Waals surface area contributed by atoms with Crippen molar-refractivity contribution in [2.24, 2.45) is 0 Å². The summed E-state index contributed by atoms with van der Waals surface area (Å²) in [6, 6.07) is 7.11. The first-order chi connectivity index (χ1) is 8.40. The minimum atomic E-state index is -4.37. The monoisotopic (exact) mass is 277 g/mol. The Labute approximate surface area is 108 Å². The first-order valence-corrected chi connectivity index (χ1v) is 6.49. The van der Waals surface area contributed by atoms with Crippen molar-refractivity contribution in [1.29, 1.82) is 0 Å². The van der Waals surface area contributed by atoms with E-state index in [-0.39, 0.29) is 11.8 Å². The molecule has 0 aromatic heterocycles. The Morgan fingerprint density at radius 1 is 1.28 bits per heavy atom. The number of carbonyl (C=O) groups excluding carboxylic acids is 1. The number of rotatable bonds is 5. The Hall–Kier alpha value is -1.17. The molecule has 0 heterocycles. The van der Waals surface area contributed by atoms with Crippen molar-refractivity contribution < 1.29 is 18.0 Å². The van der Waals surface area contributed by atoms with E-state index in [0.717, 1.165) is 18.4 Å². The van der Waals surface area contributed by atoms with Crippen LogP contribution < -0.4 is 5.32 Å². The topological polar surface area (TPSA) is 29.1 Å². The largest absolute Gasteiger partial charge is 0.442 e. The molecule has 18 heavy (non-hydrogen) atoms. The summed E-state index contributed by atoms with van der Waals surface area (Å²) in [6.07, 6.45) is 1.96. The maximum atomic E-state index is 11.9. The zero-order valence-corrected chi connectivity index (χ0v) is 10.7. The Kier molecular flexibility index (Phi) is 5.53. The van der Waals surface area contributed by atoms with Gasteiger partial charge in [0.25, 0.3) is 0 Å². The summed E-state index contributed by atoms with van der Waals surface area (Å²) in [6.45, 7) is 2.06. The van der Waals surface area contributed by atoms with E-state index in [9.17, 15) is 18.0 Å². The molecule has 0 spiro atoms. The number of anilines is 1. The van der Waals surface area contributed by atoms with Gasteiger partial charge in [-0.25, -0.2) is 0 Å². The maximum Gasteiger partial charge on any atom is 0.442 e. The second-order valence-corrected chi connectivity index (χ2v) is 4.77. The molecule has 1 N–H and O–H groups in total. The first kappa shape index (κ1) is 14.9. The van der Waals surface area contributed by atoms with Gasteiger partial charge in [0.2, 0.25) is 5.91 Å². The van der Waals surface area contributed by atoms with Crippen LogP contribution in [-0.2, 0) is 11.2 Å². The van der Waals surface area contributed by atoms with Crippen molar-refractivity contribution in [2.75, 3.05) is 11.1 Å². The summed E-state index contributed by atoms with van der Waals surface area (Å²) in [5, 5.41) is 2.42. The summed E-state index contributed by atoms with van der Waals surface area (Å²) in [4.78, 5) is 11.2. The molecule has 1 aromatic rings. The normalized spacial score (nSPS) is 11.3. The molecule has 1 aromatic carbocycles. The summed E-state index contributed by atoms with van der Waals surface area (Å²) in [7, 11) is 0. The Morgan fingerprint density at radius 3 is 2.39 bits per heavy atom. The second-order valence-electron chi connectivity index (χ2n) is 3.73. The van der Waals surface area contributed by atoms with Gasteiger partial charge in [-0.1, -0.05) is 25.5 Å². The number of benzene rings is 1. The number of nitrogens with one attached hydrogen (secondary N) is 1. The second kappa shape index (κ2) is 6.68. The van der Waals surface area contributed by atoms with Crippen LogP contribution in [0.4, 0.5) is 18.9 Å². The molecule has 0 unspecified atom stereocenters. The van der Waals surface area contributed by atoms with Crippen molar-refractivity contribution in [3.63, 3.8) is 0 Å². The lowest BCUT2D eigenvalue weighted by atomic mass is 10.1. The molecule has 0 bridgehead atoms. The van der Waals surface area contributed by atoms with E-state index in [1.54, 1.807) is 12.1 Å². The number of carbonyl (C=O) groups is 1. The number of hydrogen-bond acceptors (Lipinski definition) is 2. The smallest absolute Gasteiger partial charge is 0.325 e. The highest BCUT2D eigenvalue weighted by Crippen LogP contribution is 2.29. The zero-order valence-electron chi connectivity index (χ0n) is 9.88. The predicted octanol–water partition coefficient (Wildman–Crippen LogP) is 3.83. The Morgan fingerprint density at radius 2 is 1.89 bits per heavy atom. The van der Waals surface area contributed by atoms with Crippen molar-refractivity contribution in [1.82, 2.24) is 0 Å². The molecule has 2 nitrogen and oxygen atoms in total. The number of halogens is 3. The van der Waals surface area contributed by atoms with E-state index in [0.29, 0.717) is 5.69 Å². The third-order valence-corrected chi connectivity index (χ3v) is 2.88. The minimum Gasteiger partial charge on any atom is -0.325 e. The Balaban J connectivity index is 2.44. The minimum absolute atomic E-state index is 0.340. The molecular formula is C12H14F3NOS. The van der Waals surface area contributed by atoms with Gasteiger partial charge in [0, 0.05) is 5.69 Å². The number of amides is 1. The first-order valence-electron chi connectivity index (χ1n) is 5.50. The van der Waals surface area contributed by atoms with E-state index in [4.69, 9.17) is 0 Å². The zero-order chi connectivity index (χ0) is 13.6. The summed E-state index contributed by atoms with van der Waals surface area (Å²) >= 11 is -0.340. The van der Waals surface area contributed by atoms with Crippen LogP contribution in [0.1, 0.15) is 18.9 Å². The number of alkyl halides is 3. The Bertz CT molecular complexity index is 389. The molecule has 1 rings (SSSR count). The fourth-order valence-corrected chi connectivity index (χ4v) is 1.75. The van der Waals surface area contributed by atoms with E-state index in [1.165, 1.54) is 0 Å². The van der Waals surface area contributed by atoms with Gasteiger partial charge in [0.1, 0.15) is 0 Å². The highest BCUT2D eigenvalue weighted by atomic mass is 32.2. The average Bonchev–Trinajstić information content (AvgIpc) is 2.29. The molecule has 0 aliphatic rings. The molecule has 0 saturated carbocycles. The number of hydrogen-bond donors (Lipinski definition) is 1. The summed E-state index contributed by atoms with van der Waals surface area (Å²) in [5.74, 6) is -1.28. The van der Waals surface area contributed by atoms with E-state index < -0.39 is 17.2 Å². The van der Waals surface area contributed by atoms with Crippen molar-refractivity contribution in [3.8, 4) is 0 Å². The van der Waals surface area contributed by atoms with E-state index >= 15 is 0 Å². The van der Waals surface area contributed by atoms with Gasteiger partial charge in [-0.15, -0.1) is 0 Å². The van der Waals surface area contributed by atoms with Crippen molar-refractivity contribution in [2.45, 2.75) is 25.3 Å². The summed E-state index contributed by atoms with van der Waals surface area (Å²) in [5.41, 5.74) is -2.72. The lowest BCUT2D eigenvalue weighted by Gasteiger charge is -2.07. The maximum absolute atomic E-state index is 11.9. The van der Waals surface area contributed by atoms with Gasteiger partial charge >= 0.3 is 5.51 Å². The van der Waals surface area contributed by atoms with Crippen LogP contribution in [0, 0.1) is 0 Å². The van der Waals surface area contributed by atoms with Gasteiger partial charge in [-0.3, -0.25) is 4.79 Å². The van der Waals surface area contributed by atoms with Crippen molar-refractivity contribution in [3.05, 3.63) is 29.8 Å². The quantitative estimate of drug-likeness (QED) is 0.886. The average molecular weight is 277 g/mol. The van der Waals surface area contributed by atoms with Crippen LogP contribution in [0.3, 0.4) is 0 Å². The molecule has 0 aliphatic carbocycles. The lowest BCUT2D eigenvalue weighted by Crippen LogP contribution is -2.17. The molecule has 0 fully saturated rings. The molecule has 100 valence electrons. The van der Waals surface area contributed by atoms with Crippen LogP contribution in [0.25, 0.3) is 0 Å². The standard InChI is InChI=1S/C12H14F3NOS/c1-2-3-9-4-6-10(7-5-9)16-11(17)8-18-12(13,14)15/h4-7H,2-3,8H2,1H3,(H,16,17). The van der Waals surface area contributed by atoms with Crippen LogP contribution in [0.2, 0.25) is 0 Å². The summed E-state index contributed by atoms with van der Waals surface area (Å²) < 4.78 is 35.6. The van der Waals surface area contributed by atoms with E-state index in [2.05, 4.69) is 12.2 Å². The highest BCUT2D eigenvalue weighted by molar-refractivity contribution is 8.00. The lowest BCUT2D eigenvalue weighted by molar-refractivity contribution is -0.114. The predicted molar refractivity (Wildman–Crippen MR) is 67.6 cm³/mol. The van der Waals surface area contributed by atoms with Crippen LogP contribution in [-0.4, -0.2) is 17.2 Å². The fraction of sp³-hybridized carbons (Fsp3) is 0.417. The number of thioether (sulfide) groups is 1. The molecule has 6 heteroatoms. The fourth-order valence-electron chi connectivity index (χ4n) is 1.39. The van der Waals surface area contributed by atoms with Crippen molar-refractivity contribution >= 4 is 23.4 Å². The van der Waals surface area contributed by atoms with Gasteiger partial charge in [0.05, 0.1) is 5.75 Å².